The lowest BCUT2D eigenvalue weighted by atomic mass is 9.87. The van der Waals surface area contributed by atoms with Gasteiger partial charge in [-0.1, -0.05) is 17.3 Å². The third kappa shape index (κ3) is 2.97. The molecule has 0 atom stereocenters. The minimum absolute atomic E-state index is 0.0108. The number of hydrogen-bond acceptors (Lipinski definition) is 5. The Morgan fingerprint density at radius 1 is 1.17 bits per heavy atom. The fourth-order valence-electron chi connectivity index (χ4n) is 4.13. The number of carbonyl (C=O) groups is 2. The summed E-state index contributed by atoms with van der Waals surface area (Å²) in [4.78, 5) is 30.7. The van der Waals surface area contributed by atoms with Gasteiger partial charge in [0, 0.05) is 5.56 Å². The van der Waals surface area contributed by atoms with Gasteiger partial charge in [0.2, 0.25) is 11.7 Å². The molecule has 7 nitrogen and oxygen atoms in total. The summed E-state index contributed by atoms with van der Waals surface area (Å²) in [6.07, 6.45) is -0.835. The normalized spacial score (nSPS) is 21.6. The van der Waals surface area contributed by atoms with Crippen molar-refractivity contribution in [3.8, 4) is 11.4 Å². The van der Waals surface area contributed by atoms with E-state index in [1.54, 1.807) is 0 Å². The van der Waals surface area contributed by atoms with Crippen LogP contribution in [0.15, 0.2) is 28.8 Å². The maximum atomic E-state index is 13.1. The topological polar surface area (TPSA) is 88.3 Å². The van der Waals surface area contributed by atoms with E-state index in [0.29, 0.717) is 0 Å². The van der Waals surface area contributed by atoms with E-state index in [4.69, 9.17) is 4.52 Å². The molecular weight excluding hydrogens is 389 g/mol. The number of aromatic nitrogens is 2. The number of benzene rings is 1. The van der Waals surface area contributed by atoms with Gasteiger partial charge in [-0.2, -0.15) is 18.2 Å². The Morgan fingerprint density at radius 3 is 2.48 bits per heavy atom. The number of carbonyl (C=O) groups excluding carboxylic acids is 2. The van der Waals surface area contributed by atoms with Gasteiger partial charge in [0.1, 0.15) is 12.1 Å². The molecule has 0 radical (unpaired) electrons. The second-order valence-corrected chi connectivity index (χ2v) is 7.83. The van der Waals surface area contributed by atoms with E-state index in [1.165, 1.54) is 12.1 Å². The molecule has 1 saturated heterocycles. The zero-order valence-electron chi connectivity index (χ0n) is 15.2. The molecule has 1 aromatic carbocycles. The summed E-state index contributed by atoms with van der Waals surface area (Å²) in [5.74, 6) is 0.0167. The van der Waals surface area contributed by atoms with E-state index < -0.39 is 23.3 Å². The molecule has 3 aliphatic rings. The van der Waals surface area contributed by atoms with Crippen molar-refractivity contribution in [3.63, 3.8) is 0 Å². The molecule has 29 heavy (non-hydrogen) atoms. The number of urea groups is 1. The number of nitrogens with zero attached hydrogens (tertiary/aromatic N) is 3. The molecule has 0 bridgehead atoms. The number of imide groups is 1. The van der Waals surface area contributed by atoms with Gasteiger partial charge < -0.3 is 9.84 Å². The number of rotatable bonds is 5. The van der Waals surface area contributed by atoms with Gasteiger partial charge in [0.25, 0.3) is 5.91 Å². The molecule has 0 spiro atoms. The van der Waals surface area contributed by atoms with E-state index in [0.717, 1.165) is 42.7 Å². The zero-order chi connectivity index (χ0) is 20.4. The molecule has 1 aromatic heterocycles. The Morgan fingerprint density at radius 2 is 1.86 bits per heavy atom. The molecule has 1 aliphatic heterocycles. The van der Waals surface area contributed by atoms with Gasteiger partial charge in [-0.25, -0.2) is 4.79 Å². The van der Waals surface area contributed by atoms with Crippen LogP contribution >= 0.6 is 0 Å². The second-order valence-electron chi connectivity index (χ2n) is 7.83. The molecule has 152 valence electrons. The molecule has 3 fully saturated rings. The van der Waals surface area contributed by atoms with Crippen molar-refractivity contribution in [3.05, 3.63) is 35.7 Å². The van der Waals surface area contributed by atoms with Crippen molar-refractivity contribution in [2.24, 2.45) is 11.8 Å². The molecule has 2 aliphatic carbocycles. The minimum atomic E-state index is -4.49. The molecule has 3 amide bonds. The zero-order valence-corrected chi connectivity index (χ0v) is 15.2. The predicted octanol–water partition coefficient (Wildman–Crippen LogP) is 3.37. The first kappa shape index (κ1) is 18.1. The van der Waals surface area contributed by atoms with Crippen LogP contribution in [0, 0.1) is 11.8 Å². The third-order valence-electron chi connectivity index (χ3n) is 5.81. The highest BCUT2D eigenvalue weighted by molar-refractivity contribution is 6.07. The summed E-state index contributed by atoms with van der Waals surface area (Å²) in [6, 6.07) is 4.07. The molecule has 2 heterocycles. The Hall–Kier alpha value is -2.91. The first-order chi connectivity index (χ1) is 13.8. The van der Waals surface area contributed by atoms with Crippen LogP contribution in [-0.2, 0) is 17.5 Å². The monoisotopic (exact) mass is 406 g/mol. The quantitative estimate of drug-likeness (QED) is 0.770. The van der Waals surface area contributed by atoms with Gasteiger partial charge in [0.05, 0.1) is 5.56 Å². The Kier molecular flexibility index (Phi) is 3.78. The van der Waals surface area contributed by atoms with Gasteiger partial charge in [-0.3, -0.25) is 9.69 Å². The Balaban J connectivity index is 1.37. The van der Waals surface area contributed by atoms with E-state index >= 15 is 0 Å². The van der Waals surface area contributed by atoms with Gasteiger partial charge in [0.15, 0.2) is 0 Å². The number of alkyl halides is 3. The van der Waals surface area contributed by atoms with Crippen molar-refractivity contribution in [2.45, 2.75) is 43.9 Å². The number of nitrogens with one attached hydrogen (secondary N) is 1. The number of halogens is 3. The van der Waals surface area contributed by atoms with Crippen LogP contribution in [0.4, 0.5) is 18.0 Å². The van der Waals surface area contributed by atoms with Crippen LogP contribution in [0.5, 0.6) is 0 Å². The van der Waals surface area contributed by atoms with Gasteiger partial charge in [-0.05, 0) is 49.7 Å². The summed E-state index contributed by atoms with van der Waals surface area (Å²) in [5, 5.41) is 6.61. The van der Waals surface area contributed by atoms with Crippen LogP contribution in [0.3, 0.4) is 0 Å². The molecule has 0 unspecified atom stereocenters. The predicted molar refractivity (Wildman–Crippen MR) is 92.0 cm³/mol. The molecule has 5 rings (SSSR count). The van der Waals surface area contributed by atoms with E-state index in [2.05, 4.69) is 15.5 Å². The van der Waals surface area contributed by atoms with Crippen molar-refractivity contribution in [2.75, 3.05) is 0 Å². The van der Waals surface area contributed by atoms with E-state index in [-0.39, 0.29) is 41.6 Å². The molecular formula is C19H17F3N4O3. The maximum absolute atomic E-state index is 13.1. The highest BCUT2D eigenvalue weighted by Gasteiger charge is 2.65. The summed E-state index contributed by atoms with van der Waals surface area (Å²) < 4.78 is 43.8. The number of hydrogen-bond donors (Lipinski definition) is 1. The van der Waals surface area contributed by atoms with Gasteiger partial charge in [-0.15, -0.1) is 0 Å². The Labute approximate surface area is 163 Å². The number of amides is 3. The fourth-order valence-corrected chi connectivity index (χ4v) is 4.13. The summed E-state index contributed by atoms with van der Waals surface area (Å²) in [5.41, 5.74) is -1.51. The second kappa shape index (κ2) is 6.04. The third-order valence-corrected chi connectivity index (χ3v) is 5.81. The SMILES string of the molecule is O=C1NC(C2CC2)(C2CC2)C(=O)N1Cc1nc(-c2cccc(C(F)(F)F)c2)no1. The molecule has 2 saturated carbocycles. The largest absolute Gasteiger partial charge is 0.416 e. The smallest absolute Gasteiger partial charge is 0.337 e. The van der Waals surface area contributed by atoms with Crippen molar-refractivity contribution in [1.29, 1.82) is 0 Å². The molecule has 10 heteroatoms. The first-order valence-electron chi connectivity index (χ1n) is 9.43. The van der Waals surface area contributed by atoms with E-state index in [1.807, 2.05) is 0 Å². The summed E-state index contributed by atoms with van der Waals surface area (Å²) in [7, 11) is 0. The minimum Gasteiger partial charge on any atom is -0.337 e. The van der Waals surface area contributed by atoms with Crippen LogP contribution < -0.4 is 5.32 Å². The highest BCUT2D eigenvalue weighted by atomic mass is 19.4. The first-order valence-corrected chi connectivity index (χ1v) is 9.43. The van der Waals surface area contributed by atoms with Crippen LogP contribution in [0.1, 0.15) is 37.1 Å². The van der Waals surface area contributed by atoms with Crippen molar-refractivity contribution in [1.82, 2.24) is 20.4 Å². The highest BCUT2D eigenvalue weighted by Crippen LogP contribution is 2.54. The average Bonchev–Trinajstić information content (AvgIpc) is 3.61. The lowest BCUT2D eigenvalue weighted by molar-refractivity contribution is -0.137. The van der Waals surface area contributed by atoms with Crippen molar-refractivity contribution >= 4 is 11.9 Å². The lowest BCUT2D eigenvalue weighted by Crippen LogP contribution is -2.51. The van der Waals surface area contributed by atoms with Crippen LogP contribution in [-0.4, -0.2) is 32.5 Å². The lowest BCUT2D eigenvalue weighted by Gasteiger charge is -2.26. The van der Waals surface area contributed by atoms with E-state index in [9.17, 15) is 22.8 Å². The van der Waals surface area contributed by atoms with Crippen molar-refractivity contribution < 1.29 is 27.3 Å². The summed E-state index contributed by atoms with van der Waals surface area (Å²) >= 11 is 0. The fraction of sp³-hybridized carbons (Fsp3) is 0.474. The van der Waals surface area contributed by atoms with Crippen LogP contribution in [0.25, 0.3) is 11.4 Å². The molecule has 1 N–H and O–H groups in total. The maximum Gasteiger partial charge on any atom is 0.416 e. The molecule has 2 aromatic rings. The van der Waals surface area contributed by atoms with Crippen LogP contribution in [0.2, 0.25) is 0 Å². The Bertz CT molecular complexity index is 983. The standard InChI is InChI=1S/C19H17F3N4O3/c20-19(21,22)13-3-1-2-10(8-13)15-23-14(29-25-15)9-26-16(27)18(11-4-5-11,12-6-7-12)24-17(26)28/h1-3,8,11-12H,4-7,9H2,(H,24,28). The average molecular weight is 406 g/mol. The summed E-state index contributed by atoms with van der Waals surface area (Å²) in [6.45, 7) is -0.210. The van der Waals surface area contributed by atoms with Gasteiger partial charge >= 0.3 is 12.2 Å².